The number of ether oxygens (including phenoxy) is 3. The smallest absolute Gasteiger partial charge is 0.338 e. The minimum Gasteiger partial charge on any atom is -0.454 e. The molecule has 3 rings (SSSR count). The fourth-order valence-electron chi connectivity index (χ4n) is 1.96. The van der Waals surface area contributed by atoms with E-state index in [9.17, 15) is 9.59 Å². The summed E-state index contributed by atoms with van der Waals surface area (Å²) in [6, 6.07) is 11.1. The first kappa shape index (κ1) is 14.4. The van der Waals surface area contributed by atoms with E-state index in [0.717, 1.165) is 0 Å². The normalized spacial score (nSPS) is 12.0. The Bertz CT molecular complexity index is 724. The summed E-state index contributed by atoms with van der Waals surface area (Å²) < 4.78 is 15.4. The largest absolute Gasteiger partial charge is 0.454 e. The SMILES string of the molecule is O=C(COC(=O)c1ccc2c(c1)OCO2)c1ccc(Cl)cc1. The minimum absolute atomic E-state index is 0.128. The molecule has 0 amide bonds. The molecule has 0 fully saturated rings. The number of carbonyl (C=O) groups excluding carboxylic acids is 2. The van der Waals surface area contributed by atoms with E-state index < -0.39 is 5.97 Å². The number of halogens is 1. The van der Waals surface area contributed by atoms with Crippen LogP contribution in [0.4, 0.5) is 0 Å². The van der Waals surface area contributed by atoms with E-state index in [0.29, 0.717) is 27.6 Å². The molecule has 2 aromatic rings. The van der Waals surface area contributed by atoms with Gasteiger partial charge in [0, 0.05) is 10.6 Å². The van der Waals surface area contributed by atoms with Crippen LogP contribution in [0.3, 0.4) is 0 Å². The van der Waals surface area contributed by atoms with E-state index >= 15 is 0 Å². The van der Waals surface area contributed by atoms with E-state index in [4.69, 9.17) is 25.8 Å². The number of ketones is 1. The quantitative estimate of drug-likeness (QED) is 0.640. The number of rotatable bonds is 4. The van der Waals surface area contributed by atoms with Gasteiger partial charge in [-0.15, -0.1) is 0 Å². The number of benzene rings is 2. The Morgan fingerprint density at radius 2 is 1.68 bits per heavy atom. The first-order chi connectivity index (χ1) is 10.6. The fraction of sp³-hybridized carbons (Fsp3) is 0.125. The highest BCUT2D eigenvalue weighted by Crippen LogP contribution is 2.32. The second kappa shape index (κ2) is 6.07. The van der Waals surface area contributed by atoms with Gasteiger partial charge in [0.05, 0.1) is 5.56 Å². The van der Waals surface area contributed by atoms with E-state index in [-0.39, 0.29) is 19.2 Å². The summed E-state index contributed by atoms with van der Waals surface area (Å²) >= 11 is 5.75. The van der Waals surface area contributed by atoms with Gasteiger partial charge >= 0.3 is 5.97 Å². The molecule has 0 saturated carbocycles. The van der Waals surface area contributed by atoms with Crippen molar-refractivity contribution in [3.05, 3.63) is 58.6 Å². The maximum atomic E-state index is 11.9. The monoisotopic (exact) mass is 318 g/mol. The lowest BCUT2D eigenvalue weighted by molar-refractivity contribution is 0.0474. The molecule has 0 aromatic heterocycles. The zero-order valence-corrected chi connectivity index (χ0v) is 12.1. The summed E-state index contributed by atoms with van der Waals surface area (Å²) in [5, 5.41) is 0.536. The van der Waals surface area contributed by atoms with Crippen LogP contribution in [0.5, 0.6) is 11.5 Å². The van der Waals surface area contributed by atoms with E-state index in [1.54, 1.807) is 36.4 Å². The number of carbonyl (C=O) groups is 2. The highest BCUT2D eigenvalue weighted by Gasteiger charge is 2.18. The highest BCUT2D eigenvalue weighted by atomic mass is 35.5. The van der Waals surface area contributed by atoms with Gasteiger partial charge in [-0.1, -0.05) is 11.6 Å². The fourth-order valence-corrected chi connectivity index (χ4v) is 2.08. The van der Waals surface area contributed by atoms with Crippen LogP contribution in [0.2, 0.25) is 5.02 Å². The molecule has 0 unspecified atom stereocenters. The van der Waals surface area contributed by atoms with Crippen molar-refractivity contribution in [3.8, 4) is 11.5 Å². The van der Waals surface area contributed by atoms with Crippen LogP contribution < -0.4 is 9.47 Å². The summed E-state index contributed by atoms with van der Waals surface area (Å²) in [6.07, 6.45) is 0. The first-order valence-electron chi connectivity index (χ1n) is 6.49. The van der Waals surface area contributed by atoms with Crippen LogP contribution >= 0.6 is 11.6 Å². The lowest BCUT2D eigenvalue weighted by Gasteiger charge is -2.05. The molecule has 6 heteroatoms. The Kier molecular flexibility index (Phi) is 3.98. The van der Waals surface area contributed by atoms with Gasteiger partial charge in [-0.05, 0) is 42.5 Å². The summed E-state index contributed by atoms with van der Waals surface area (Å²) in [6.45, 7) is -0.211. The standard InChI is InChI=1S/C16H11ClO5/c17-12-4-1-10(2-5-12)13(18)8-20-16(19)11-3-6-14-15(7-11)22-9-21-14/h1-7H,8-9H2. The van der Waals surface area contributed by atoms with Gasteiger partial charge in [-0.25, -0.2) is 4.79 Å². The first-order valence-corrected chi connectivity index (χ1v) is 6.87. The third-order valence-corrected chi connectivity index (χ3v) is 3.36. The molecule has 0 N–H and O–H groups in total. The molecule has 0 aliphatic carbocycles. The van der Waals surface area contributed by atoms with Crippen molar-refractivity contribution in [1.82, 2.24) is 0 Å². The molecule has 0 saturated heterocycles. The molecule has 2 aromatic carbocycles. The van der Waals surface area contributed by atoms with Gasteiger partial charge in [0.15, 0.2) is 23.9 Å². The lowest BCUT2D eigenvalue weighted by Crippen LogP contribution is -2.14. The summed E-state index contributed by atoms with van der Waals surface area (Å²) in [4.78, 5) is 23.9. The van der Waals surface area contributed by atoms with Crippen LogP contribution in [-0.4, -0.2) is 25.2 Å². The van der Waals surface area contributed by atoms with E-state index in [1.165, 1.54) is 6.07 Å². The van der Waals surface area contributed by atoms with Crippen LogP contribution in [0, 0.1) is 0 Å². The zero-order valence-electron chi connectivity index (χ0n) is 11.4. The number of fused-ring (bicyclic) bond motifs is 1. The van der Waals surface area contributed by atoms with Gasteiger partial charge in [0.25, 0.3) is 0 Å². The Labute approximate surface area is 131 Å². The van der Waals surface area contributed by atoms with Crippen molar-refractivity contribution in [3.63, 3.8) is 0 Å². The summed E-state index contributed by atoms with van der Waals surface area (Å²) in [5.41, 5.74) is 0.732. The molecule has 5 nitrogen and oxygen atoms in total. The maximum Gasteiger partial charge on any atom is 0.338 e. The second-order valence-corrected chi connectivity index (χ2v) is 5.01. The third kappa shape index (κ3) is 3.04. The van der Waals surface area contributed by atoms with Crippen molar-refractivity contribution >= 4 is 23.4 Å². The minimum atomic E-state index is -0.597. The molecular weight excluding hydrogens is 308 g/mol. The summed E-state index contributed by atoms with van der Waals surface area (Å²) in [5.74, 6) is 0.165. The van der Waals surface area contributed by atoms with Crippen molar-refractivity contribution < 1.29 is 23.8 Å². The molecule has 1 aliphatic heterocycles. The van der Waals surface area contributed by atoms with E-state index in [2.05, 4.69) is 0 Å². The van der Waals surface area contributed by atoms with Crippen molar-refractivity contribution in [1.29, 1.82) is 0 Å². The average Bonchev–Trinajstić information content (AvgIpc) is 3.00. The van der Waals surface area contributed by atoms with Crippen molar-refractivity contribution in [2.75, 3.05) is 13.4 Å². The molecule has 1 heterocycles. The molecular formula is C16H11ClO5. The Balaban J connectivity index is 1.62. The predicted octanol–water partition coefficient (Wildman–Crippen LogP) is 3.11. The van der Waals surface area contributed by atoms with Gasteiger partial charge in [-0.2, -0.15) is 0 Å². The lowest BCUT2D eigenvalue weighted by atomic mass is 10.1. The Morgan fingerprint density at radius 1 is 1.00 bits per heavy atom. The maximum absolute atomic E-state index is 11.9. The molecule has 0 spiro atoms. The van der Waals surface area contributed by atoms with Crippen LogP contribution in [0.15, 0.2) is 42.5 Å². The highest BCUT2D eigenvalue weighted by molar-refractivity contribution is 6.30. The van der Waals surface area contributed by atoms with Crippen LogP contribution in [0.1, 0.15) is 20.7 Å². The average molecular weight is 319 g/mol. The number of hydrogen-bond donors (Lipinski definition) is 0. The van der Waals surface area contributed by atoms with Gasteiger partial charge < -0.3 is 14.2 Å². The topological polar surface area (TPSA) is 61.8 Å². The van der Waals surface area contributed by atoms with Gasteiger partial charge in [0.2, 0.25) is 6.79 Å². The molecule has 0 bridgehead atoms. The van der Waals surface area contributed by atoms with Crippen molar-refractivity contribution in [2.24, 2.45) is 0 Å². The number of hydrogen-bond acceptors (Lipinski definition) is 5. The molecule has 1 aliphatic rings. The molecule has 22 heavy (non-hydrogen) atoms. The molecule has 112 valence electrons. The second-order valence-electron chi connectivity index (χ2n) is 4.57. The number of esters is 1. The van der Waals surface area contributed by atoms with Crippen LogP contribution in [-0.2, 0) is 4.74 Å². The summed E-state index contributed by atoms with van der Waals surface area (Å²) in [7, 11) is 0. The Hall–Kier alpha value is -2.53. The number of Topliss-reactive ketones (excluding diaryl/α,β-unsaturated/α-hetero) is 1. The van der Waals surface area contributed by atoms with Gasteiger partial charge in [-0.3, -0.25) is 4.79 Å². The zero-order chi connectivity index (χ0) is 15.5. The Morgan fingerprint density at radius 3 is 2.45 bits per heavy atom. The molecule has 0 atom stereocenters. The van der Waals surface area contributed by atoms with E-state index in [1.807, 2.05) is 0 Å². The van der Waals surface area contributed by atoms with Gasteiger partial charge in [0.1, 0.15) is 0 Å². The van der Waals surface area contributed by atoms with Crippen molar-refractivity contribution in [2.45, 2.75) is 0 Å². The molecule has 0 radical (unpaired) electrons. The van der Waals surface area contributed by atoms with Crippen LogP contribution in [0.25, 0.3) is 0 Å². The third-order valence-electron chi connectivity index (χ3n) is 3.11. The predicted molar refractivity (Wildman–Crippen MR) is 78.6 cm³/mol.